The Hall–Kier alpha value is -1.24. The number of hydrogen-bond donors (Lipinski definition) is 1. The van der Waals surface area contributed by atoms with Gasteiger partial charge in [0.1, 0.15) is 11.3 Å². The second-order valence-electron chi connectivity index (χ2n) is 5.50. The average molecular weight is 299 g/mol. The maximum absolute atomic E-state index is 11.1. The predicted molar refractivity (Wildman–Crippen MR) is 76.0 cm³/mol. The zero-order valence-corrected chi connectivity index (χ0v) is 12.4. The van der Waals surface area contributed by atoms with Crippen LogP contribution in [0.15, 0.2) is 12.1 Å². The molecule has 1 aromatic carbocycles. The summed E-state index contributed by atoms with van der Waals surface area (Å²) in [5.41, 5.74) is 0.537. The second kappa shape index (κ2) is 5.64. The number of benzene rings is 1. The molecule has 1 heterocycles. The van der Waals surface area contributed by atoms with Gasteiger partial charge in [0.2, 0.25) is 0 Å². The zero-order valence-electron chi connectivity index (χ0n) is 11.6. The van der Waals surface area contributed by atoms with Crippen molar-refractivity contribution in [1.29, 1.82) is 0 Å². The Balaban J connectivity index is 2.31. The highest BCUT2D eigenvalue weighted by Crippen LogP contribution is 2.26. The minimum atomic E-state index is -1.10. The predicted octanol–water partition coefficient (Wildman–Crippen LogP) is 1.81. The van der Waals surface area contributed by atoms with E-state index in [-0.39, 0.29) is 21.8 Å². The molecule has 108 valence electrons. The molecule has 0 amide bonds. The molecule has 2 rings (SSSR count). The van der Waals surface area contributed by atoms with Crippen LogP contribution in [0.25, 0.3) is 0 Å². The van der Waals surface area contributed by atoms with Crippen molar-refractivity contribution < 1.29 is 23.9 Å². The molecule has 1 saturated heterocycles. The molecule has 0 radical (unpaired) electrons. The van der Waals surface area contributed by atoms with Crippen LogP contribution in [-0.2, 0) is 9.31 Å². The highest BCUT2D eigenvalue weighted by Gasteiger charge is 2.35. The third-order valence-electron chi connectivity index (χ3n) is 3.05. The van der Waals surface area contributed by atoms with E-state index in [2.05, 4.69) is 0 Å². The lowest BCUT2D eigenvalue weighted by atomic mass is 9.75. The third-order valence-corrected chi connectivity index (χ3v) is 3.38. The standard InChI is InChI=1S/C13H16BClO5/c1-13(2)6-19-14(20-7-13)9-5-11(18-3)8(12(16)17)4-10(9)15/h4-5H,6-7H2,1-3H3,(H,16,17). The minimum Gasteiger partial charge on any atom is -0.496 e. The average Bonchev–Trinajstić information content (AvgIpc) is 2.39. The number of methoxy groups -OCH3 is 1. The minimum absolute atomic E-state index is 0.0115. The number of hydrogen-bond acceptors (Lipinski definition) is 4. The van der Waals surface area contributed by atoms with Gasteiger partial charge in [-0.3, -0.25) is 0 Å². The summed E-state index contributed by atoms with van der Waals surface area (Å²) >= 11 is 6.13. The van der Waals surface area contributed by atoms with Crippen LogP contribution in [0.3, 0.4) is 0 Å². The normalized spacial score (nSPS) is 17.9. The summed E-state index contributed by atoms with van der Waals surface area (Å²) in [7, 11) is 0.804. The quantitative estimate of drug-likeness (QED) is 0.862. The first kappa shape index (κ1) is 15.2. The SMILES string of the molecule is COc1cc(B2OCC(C)(C)CO2)c(Cl)cc1C(=O)O. The number of carbonyl (C=O) groups is 1. The number of rotatable bonds is 3. The fourth-order valence-electron chi connectivity index (χ4n) is 1.96. The Kier molecular flexibility index (Phi) is 4.27. The molecular weight excluding hydrogens is 282 g/mol. The number of halogens is 1. The molecule has 0 saturated carbocycles. The van der Waals surface area contributed by atoms with Crippen molar-refractivity contribution in [3.05, 3.63) is 22.7 Å². The van der Waals surface area contributed by atoms with Crippen molar-refractivity contribution in [1.82, 2.24) is 0 Å². The van der Waals surface area contributed by atoms with Crippen LogP contribution < -0.4 is 10.2 Å². The first-order valence-electron chi connectivity index (χ1n) is 6.18. The van der Waals surface area contributed by atoms with Gasteiger partial charge in [-0.2, -0.15) is 0 Å². The van der Waals surface area contributed by atoms with Crippen molar-refractivity contribution in [3.8, 4) is 5.75 Å². The molecule has 5 nitrogen and oxygen atoms in total. The van der Waals surface area contributed by atoms with Crippen molar-refractivity contribution in [3.63, 3.8) is 0 Å². The van der Waals surface area contributed by atoms with E-state index in [1.807, 2.05) is 13.8 Å². The molecule has 0 aliphatic carbocycles. The van der Waals surface area contributed by atoms with E-state index in [1.54, 1.807) is 6.07 Å². The van der Waals surface area contributed by atoms with Crippen molar-refractivity contribution >= 4 is 30.2 Å². The van der Waals surface area contributed by atoms with Crippen LogP contribution in [0.5, 0.6) is 5.75 Å². The third kappa shape index (κ3) is 3.08. The summed E-state index contributed by atoms with van der Waals surface area (Å²) in [4.78, 5) is 11.1. The molecule has 1 N–H and O–H groups in total. The number of carboxylic acids is 1. The Morgan fingerprint density at radius 2 is 2.00 bits per heavy atom. The lowest BCUT2D eigenvalue weighted by molar-refractivity contribution is 0.0343. The van der Waals surface area contributed by atoms with Crippen LogP contribution >= 0.6 is 11.6 Å². The zero-order chi connectivity index (χ0) is 14.9. The van der Waals surface area contributed by atoms with Gasteiger partial charge in [0.25, 0.3) is 0 Å². The maximum atomic E-state index is 11.1. The van der Waals surface area contributed by atoms with Crippen LogP contribution in [0.1, 0.15) is 24.2 Å². The fourth-order valence-corrected chi connectivity index (χ4v) is 2.21. The van der Waals surface area contributed by atoms with E-state index in [4.69, 9.17) is 30.8 Å². The molecule has 7 heteroatoms. The summed E-state index contributed by atoms with van der Waals surface area (Å²) in [6.07, 6.45) is 0. The highest BCUT2D eigenvalue weighted by molar-refractivity contribution is 6.65. The topological polar surface area (TPSA) is 65.0 Å². The molecule has 1 aliphatic heterocycles. The summed E-state index contributed by atoms with van der Waals surface area (Å²) in [5.74, 6) is -0.865. The van der Waals surface area contributed by atoms with Gasteiger partial charge in [-0.25, -0.2) is 4.79 Å². The van der Waals surface area contributed by atoms with Gasteiger partial charge in [-0.15, -0.1) is 0 Å². The molecule has 1 aromatic rings. The van der Waals surface area contributed by atoms with Gasteiger partial charge in [0.05, 0.1) is 7.11 Å². The van der Waals surface area contributed by atoms with Crippen molar-refractivity contribution in [2.45, 2.75) is 13.8 Å². The smallest absolute Gasteiger partial charge is 0.495 e. The number of aromatic carboxylic acids is 1. The summed E-state index contributed by atoms with van der Waals surface area (Å²) < 4.78 is 16.4. The molecule has 20 heavy (non-hydrogen) atoms. The molecule has 0 aromatic heterocycles. The Labute approximate surface area is 122 Å². The van der Waals surface area contributed by atoms with Gasteiger partial charge < -0.3 is 19.2 Å². The van der Waals surface area contributed by atoms with Crippen LogP contribution in [0.4, 0.5) is 0 Å². The molecule has 1 aliphatic rings. The number of ether oxygens (including phenoxy) is 1. The Morgan fingerprint density at radius 3 is 2.50 bits per heavy atom. The van der Waals surface area contributed by atoms with Crippen LogP contribution in [-0.4, -0.2) is 38.5 Å². The van der Waals surface area contributed by atoms with Gasteiger partial charge in [-0.1, -0.05) is 25.4 Å². The first-order valence-corrected chi connectivity index (χ1v) is 6.56. The fraction of sp³-hybridized carbons (Fsp3) is 0.462. The molecule has 0 bridgehead atoms. The van der Waals surface area contributed by atoms with Crippen LogP contribution in [0.2, 0.25) is 5.02 Å². The largest absolute Gasteiger partial charge is 0.496 e. The summed E-state index contributed by atoms with van der Waals surface area (Å²) in [5, 5.41) is 9.38. The molecule has 0 spiro atoms. The van der Waals surface area contributed by atoms with E-state index < -0.39 is 13.1 Å². The Bertz CT molecular complexity index is 522. The Morgan fingerprint density at radius 1 is 1.40 bits per heavy atom. The summed E-state index contributed by atoms with van der Waals surface area (Å²) in [6, 6.07) is 2.90. The molecular formula is C13H16BClO5. The molecule has 1 fully saturated rings. The lowest BCUT2D eigenvalue weighted by Gasteiger charge is -2.33. The van der Waals surface area contributed by atoms with Gasteiger partial charge >= 0.3 is 13.1 Å². The lowest BCUT2D eigenvalue weighted by Crippen LogP contribution is -2.47. The van der Waals surface area contributed by atoms with Crippen LogP contribution in [0, 0.1) is 5.41 Å². The van der Waals surface area contributed by atoms with E-state index in [9.17, 15) is 4.79 Å². The first-order chi connectivity index (χ1) is 9.34. The van der Waals surface area contributed by atoms with E-state index >= 15 is 0 Å². The monoisotopic (exact) mass is 298 g/mol. The van der Waals surface area contributed by atoms with E-state index in [0.717, 1.165) is 0 Å². The van der Waals surface area contributed by atoms with Gasteiger partial charge in [0.15, 0.2) is 0 Å². The number of carboxylic acid groups (broad SMARTS) is 1. The van der Waals surface area contributed by atoms with Crippen molar-refractivity contribution in [2.24, 2.45) is 5.41 Å². The molecule has 0 atom stereocenters. The van der Waals surface area contributed by atoms with Gasteiger partial charge in [-0.05, 0) is 12.1 Å². The second-order valence-corrected chi connectivity index (χ2v) is 5.90. The summed E-state index contributed by atoms with van der Waals surface area (Å²) in [6.45, 7) is 5.16. The highest BCUT2D eigenvalue weighted by atomic mass is 35.5. The van der Waals surface area contributed by atoms with Crippen molar-refractivity contribution in [2.75, 3.05) is 20.3 Å². The van der Waals surface area contributed by atoms with E-state index in [0.29, 0.717) is 18.7 Å². The maximum Gasteiger partial charge on any atom is 0.495 e. The van der Waals surface area contributed by atoms with Gasteiger partial charge in [0, 0.05) is 29.1 Å². The van der Waals surface area contributed by atoms with E-state index in [1.165, 1.54) is 13.2 Å². The molecule has 0 unspecified atom stereocenters.